The molecule has 0 aliphatic heterocycles. The lowest BCUT2D eigenvalue weighted by molar-refractivity contribution is -0.126. The van der Waals surface area contributed by atoms with Crippen molar-refractivity contribution in [3.63, 3.8) is 0 Å². The molecule has 0 unspecified atom stereocenters. The lowest BCUT2D eigenvalue weighted by atomic mass is 10.1. The van der Waals surface area contributed by atoms with Gasteiger partial charge in [-0.1, -0.05) is 18.2 Å². The highest BCUT2D eigenvalue weighted by molar-refractivity contribution is 5.95. The highest BCUT2D eigenvalue weighted by Gasteiger charge is 2.29. The average Bonchev–Trinajstić information content (AvgIpc) is 2.39. The largest absolute Gasteiger partial charge is 0.354 e. The number of carbonyl (C=O) groups excluding carboxylic acids is 2. The zero-order valence-electron chi connectivity index (χ0n) is 12.3. The lowest BCUT2D eigenvalue weighted by Gasteiger charge is -2.25. The predicted molar refractivity (Wildman–Crippen MR) is 86.6 cm³/mol. The van der Waals surface area contributed by atoms with Gasteiger partial charge >= 0.3 is 6.03 Å². The summed E-state index contributed by atoms with van der Waals surface area (Å²) in [5, 5.41) is 8.04. The highest BCUT2D eigenvalue weighted by atomic mass is 35.5. The maximum absolute atomic E-state index is 11.9. The Kier molecular flexibility index (Phi) is 8.42. The number of hydrogen-bond donors (Lipinski definition) is 4. The molecule has 1 aromatic carbocycles. The van der Waals surface area contributed by atoms with Crippen LogP contribution in [-0.2, 0) is 4.79 Å². The lowest BCUT2D eigenvalue weighted by Crippen LogP contribution is -2.56. The van der Waals surface area contributed by atoms with E-state index in [1.165, 1.54) is 0 Å². The molecular weight excluding hydrogens is 292 g/mol. The molecule has 118 valence electrons. The Morgan fingerprint density at radius 2 is 1.81 bits per heavy atom. The van der Waals surface area contributed by atoms with Gasteiger partial charge in [-0.3, -0.25) is 4.79 Å². The first-order chi connectivity index (χ1) is 9.45. The van der Waals surface area contributed by atoms with Gasteiger partial charge in [-0.05, 0) is 38.9 Å². The molecule has 0 bridgehead atoms. The minimum absolute atomic E-state index is 0. The molecule has 6 nitrogen and oxygen atoms in total. The summed E-state index contributed by atoms with van der Waals surface area (Å²) in [6, 6.07) is 8.62. The molecule has 5 N–H and O–H groups in total. The number of carbonyl (C=O) groups is 2. The van der Waals surface area contributed by atoms with E-state index in [2.05, 4.69) is 16.0 Å². The van der Waals surface area contributed by atoms with E-state index in [0.717, 1.165) is 0 Å². The van der Waals surface area contributed by atoms with E-state index >= 15 is 0 Å². The molecule has 0 aromatic heterocycles. The Morgan fingerprint density at radius 3 is 2.38 bits per heavy atom. The number of urea groups is 1. The Labute approximate surface area is 131 Å². The Balaban J connectivity index is 0.00000400. The molecular formula is C14H23ClN4O2. The van der Waals surface area contributed by atoms with Gasteiger partial charge < -0.3 is 21.7 Å². The Hall–Kier alpha value is -1.79. The first kappa shape index (κ1) is 19.2. The normalized spacial score (nSPS) is 10.2. The number of rotatable bonds is 6. The van der Waals surface area contributed by atoms with Gasteiger partial charge in [0.05, 0.1) is 0 Å². The van der Waals surface area contributed by atoms with Gasteiger partial charge in [0.2, 0.25) is 5.91 Å². The zero-order valence-corrected chi connectivity index (χ0v) is 13.1. The van der Waals surface area contributed by atoms with Crippen molar-refractivity contribution in [1.82, 2.24) is 10.6 Å². The molecule has 0 spiro atoms. The molecule has 0 heterocycles. The van der Waals surface area contributed by atoms with Crippen LogP contribution in [0.4, 0.5) is 10.5 Å². The van der Waals surface area contributed by atoms with Crippen LogP contribution >= 0.6 is 12.4 Å². The molecule has 1 rings (SSSR count). The average molecular weight is 315 g/mol. The fraction of sp³-hybridized carbons (Fsp3) is 0.429. The molecule has 0 radical (unpaired) electrons. The van der Waals surface area contributed by atoms with Crippen molar-refractivity contribution in [2.24, 2.45) is 5.73 Å². The van der Waals surface area contributed by atoms with E-state index in [4.69, 9.17) is 5.73 Å². The second kappa shape index (κ2) is 9.20. The number of benzene rings is 1. The van der Waals surface area contributed by atoms with Gasteiger partial charge in [-0.15, -0.1) is 12.4 Å². The molecule has 0 saturated carbocycles. The third kappa shape index (κ3) is 6.97. The van der Waals surface area contributed by atoms with Gasteiger partial charge in [-0.2, -0.15) is 0 Å². The van der Waals surface area contributed by atoms with Gasteiger partial charge in [0, 0.05) is 12.2 Å². The number of hydrogen-bond acceptors (Lipinski definition) is 3. The van der Waals surface area contributed by atoms with Crippen LogP contribution in [0.25, 0.3) is 0 Å². The van der Waals surface area contributed by atoms with Crippen molar-refractivity contribution in [1.29, 1.82) is 0 Å². The topological polar surface area (TPSA) is 96.2 Å². The number of nitrogens with one attached hydrogen (secondary N) is 3. The van der Waals surface area contributed by atoms with Crippen molar-refractivity contribution in [3.8, 4) is 0 Å². The van der Waals surface area contributed by atoms with Crippen LogP contribution in [0.2, 0.25) is 0 Å². The highest BCUT2D eigenvalue weighted by Crippen LogP contribution is 2.07. The van der Waals surface area contributed by atoms with Crippen molar-refractivity contribution in [3.05, 3.63) is 30.3 Å². The predicted octanol–water partition coefficient (Wildman–Crippen LogP) is 1.47. The third-order valence-electron chi connectivity index (χ3n) is 2.69. The molecule has 0 aliphatic carbocycles. The van der Waals surface area contributed by atoms with Crippen LogP contribution in [0.15, 0.2) is 30.3 Å². The van der Waals surface area contributed by atoms with Crippen LogP contribution in [-0.4, -0.2) is 30.6 Å². The third-order valence-corrected chi connectivity index (χ3v) is 2.69. The number of anilines is 1. The van der Waals surface area contributed by atoms with Crippen LogP contribution in [0.3, 0.4) is 0 Å². The first-order valence-corrected chi connectivity index (χ1v) is 6.58. The monoisotopic (exact) mass is 314 g/mol. The summed E-state index contributed by atoms with van der Waals surface area (Å²) in [6.45, 7) is 4.31. The second-order valence-corrected chi connectivity index (χ2v) is 4.97. The van der Waals surface area contributed by atoms with Gasteiger partial charge in [0.15, 0.2) is 0 Å². The van der Waals surface area contributed by atoms with E-state index in [1.807, 2.05) is 18.2 Å². The molecule has 7 heteroatoms. The second-order valence-electron chi connectivity index (χ2n) is 4.97. The minimum Gasteiger partial charge on any atom is -0.354 e. The molecule has 0 saturated heterocycles. The fourth-order valence-corrected chi connectivity index (χ4v) is 1.55. The maximum atomic E-state index is 11.9. The standard InChI is InChI=1S/C14H22N4O2.ClH/c1-14(2,12(19)16-10-6-9-15)18-13(20)17-11-7-4-3-5-8-11;/h3-5,7-8H,6,9-10,15H2,1-2H3,(H,16,19)(H2,17,18,20);1H. The molecule has 3 amide bonds. The van der Waals surface area contributed by atoms with Crippen LogP contribution in [0, 0.1) is 0 Å². The molecule has 21 heavy (non-hydrogen) atoms. The van der Waals surface area contributed by atoms with Crippen LogP contribution in [0.1, 0.15) is 20.3 Å². The summed E-state index contributed by atoms with van der Waals surface area (Å²) in [5.41, 5.74) is 5.04. The molecule has 0 fully saturated rings. The van der Waals surface area contributed by atoms with Crippen LogP contribution < -0.4 is 21.7 Å². The summed E-state index contributed by atoms with van der Waals surface area (Å²) in [5.74, 6) is -0.242. The number of amides is 3. The van der Waals surface area contributed by atoms with Crippen LogP contribution in [0.5, 0.6) is 0 Å². The summed E-state index contributed by atoms with van der Waals surface area (Å²) >= 11 is 0. The van der Waals surface area contributed by atoms with E-state index < -0.39 is 11.6 Å². The van der Waals surface area contributed by atoms with Crippen molar-refractivity contribution in [2.75, 3.05) is 18.4 Å². The zero-order chi connectivity index (χ0) is 15.0. The van der Waals surface area contributed by atoms with E-state index in [1.54, 1.807) is 26.0 Å². The fourth-order valence-electron chi connectivity index (χ4n) is 1.55. The van der Waals surface area contributed by atoms with Gasteiger partial charge in [0.1, 0.15) is 5.54 Å². The number of nitrogens with two attached hydrogens (primary N) is 1. The maximum Gasteiger partial charge on any atom is 0.320 e. The number of para-hydroxylation sites is 1. The van der Waals surface area contributed by atoms with Crippen molar-refractivity contribution >= 4 is 30.0 Å². The SMILES string of the molecule is CC(C)(NC(=O)Nc1ccccc1)C(=O)NCCCN.Cl. The molecule has 0 atom stereocenters. The summed E-state index contributed by atoms with van der Waals surface area (Å²) in [6.07, 6.45) is 0.706. The molecule has 1 aromatic rings. The van der Waals surface area contributed by atoms with Gasteiger partial charge in [0.25, 0.3) is 0 Å². The van der Waals surface area contributed by atoms with Crippen molar-refractivity contribution < 1.29 is 9.59 Å². The van der Waals surface area contributed by atoms with E-state index in [0.29, 0.717) is 25.2 Å². The first-order valence-electron chi connectivity index (χ1n) is 6.58. The van der Waals surface area contributed by atoms with E-state index in [9.17, 15) is 9.59 Å². The molecule has 0 aliphatic rings. The van der Waals surface area contributed by atoms with Gasteiger partial charge in [-0.25, -0.2) is 4.79 Å². The van der Waals surface area contributed by atoms with Crippen molar-refractivity contribution in [2.45, 2.75) is 25.8 Å². The number of halogens is 1. The summed E-state index contributed by atoms with van der Waals surface area (Å²) < 4.78 is 0. The Bertz CT molecular complexity index is 452. The summed E-state index contributed by atoms with van der Waals surface area (Å²) in [7, 11) is 0. The quantitative estimate of drug-likeness (QED) is 0.599. The van der Waals surface area contributed by atoms with E-state index in [-0.39, 0.29) is 18.3 Å². The Morgan fingerprint density at radius 1 is 1.19 bits per heavy atom. The smallest absolute Gasteiger partial charge is 0.320 e. The minimum atomic E-state index is -0.993. The summed E-state index contributed by atoms with van der Waals surface area (Å²) in [4.78, 5) is 23.8.